The molecule has 0 aliphatic carbocycles. The second kappa shape index (κ2) is 4.89. The van der Waals surface area contributed by atoms with Gasteiger partial charge in [0.05, 0.1) is 23.6 Å². The maximum atomic E-state index is 5.91. The largest absolute Gasteiger partial charge is 0.379 e. The zero-order chi connectivity index (χ0) is 11.5. The standard InChI is InChI=1S/C11H11BrClN3/c1-7-11(16-6-15-7)5-14-8-2-3-10(13)9(12)4-8/h2-4,6,14H,5H2,1H3,(H,15,16). The number of H-pyrrole nitrogens is 1. The molecule has 0 atom stereocenters. The SMILES string of the molecule is Cc1[nH]cnc1CNc1ccc(Cl)c(Br)c1. The lowest BCUT2D eigenvalue weighted by atomic mass is 10.3. The summed E-state index contributed by atoms with van der Waals surface area (Å²) in [5, 5.41) is 3.99. The van der Waals surface area contributed by atoms with Gasteiger partial charge in [0.15, 0.2) is 0 Å². The first-order valence-electron chi connectivity index (χ1n) is 4.84. The molecule has 84 valence electrons. The van der Waals surface area contributed by atoms with E-state index in [4.69, 9.17) is 11.6 Å². The maximum absolute atomic E-state index is 5.91. The molecule has 0 fully saturated rings. The molecule has 0 aliphatic rings. The van der Waals surface area contributed by atoms with Crippen LogP contribution in [-0.2, 0) is 6.54 Å². The third kappa shape index (κ3) is 2.57. The van der Waals surface area contributed by atoms with Gasteiger partial charge in [-0.25, -0.2) is 4.98 Å². The molecule has 1 heterocycles. The van der Waals surface area contributed by atoms with E-state index in [1.807, 2.05) is 25.1 Å². The number of aromatic nitrogens is 2. The summed E-state index contributed by atoms with van der Waals surface area (Å²) in [5.41, 5.74) is 3.12. The average molecular weight is 301 g/mol. The van der Waals surface area contributed by atoms with Gasteiger partial charge >= 0.3 is 0 Å². The molecule has 16 heavy (non-hydrogen) atoms. The third-order valence-corrected chi connectivity index (χ3v) is 3.53. The molecule has 1 aromatic carbocycles. The van der Waals surface area contributed by atoms with E-state index >= 15 is 0 Å². The fourth-order valence-electron chi connectivity index (χ4n) is 1.36. The summed E-state index contributed by atoms with van der Waals surface area (Å²) in [6, 6.07) is 5.74. The number of halogens is 2. The number of rotatable bonds is 3. The van der Waals surface area contributed by atoms with Crippen LogP contribution in [0.5, 0.6) is 0 Å². The van der Waals surface area contributed by atoms with E-state index in [1.165, 1.54) is 0 Å². The minimum Gasteiger partial charge on any atom is -0.379 e. The molecule has 0 spiro atoms. The first kappa shape index (κ1) is 11.5. The van der Waals surface area contributed by atoms with E-state index in [-0.39, 0.29) is 0 Å². The van der Waals surface area contributed by atoms with Gasteiger partial charge in [0.1, 0.15) is 0 Å². The zero-order valence-corrected chi connectivity index (χ0v) is 11.1. The van der Waals surface area contributed by atoms with Crippen LogP contribution in [0.1, 0.15) is 11.4 Å². The smallest absolute Gasteiger partial charge is 0.0925 e. The Kier molecular flexibility index (Phi) is 3.51. The van der Waals surface area contributed by atoms with E-state index in [2.05, 4.69) is 31.2 Å². The molecule has 1 aromatic heterocycles. The Morgan fingerprint density at radius 3 is 2.94 bits per heavy atom. The summed E-state index contributed by atoms with van der Waals surface area (Å²) in [6.07, 6.45) is 1.70. The quantitative estimate of drug-likeness (QED) is 0.906. The van der Waals surface area contributed by atoms with Crippen molar-refractivity contribution in [2.75, 3.05) is 5.32 Å². The lowest BCUT2D eigenvalue weighted by Crippen LogP contribution is -2.01. The Labute approximate surface area is 107 Å². The van der Waals surface area contributed by atoms with Crippen molar-refractivity contribution >= 4 is 33.2 Å². The normalized spacial score (nSPS) is 10.4. The number of aryl methyl sites for hydroxylation is 1. The van der Waals surface area contributed by atoms with Gasteiger partial charge in [-0.15, -0.1) is 0 Å². The number of anilines is 1. The second-order valence-electron chi connectivity index (χ2n) is 3.46. The van der Waals surface area contributed by atoms with Gasteiger partial charge in [-0.1, -0.05) is 11.6 Å². The maximum Gasteiger partial charge on any atom is 0.0925 e. The minimum absolute atomic E-state index is 0.698. The molecule has 0 bridgehead atoms. The highest BCUT2D eigenvalue weighted by molar-refractivity contribution is 9.10. The molecular weight excluding hydrogens is 289 g/mol. The van der Waals surface area contributed by atoms with Crippen LogP contribution >= 0.6 is 27.5 Å². The molecule has 3 nitrogen and oxygen atoms in total. The van der Waals surface area contributed by atoms with Crippen LogP contribution in [0.25, 0.3) is 0 Å². The van der Waals surface area contributed by atoms with Crippen LogP contribution in [-0.4, -0.2) is 9.97 Å². The first-order chi connectivity index (χ1) is 7.66. The van der Waals surface area contributed by atoms with Crippen LogP contribution in [0.3, 0.4) is 0 Å². The van der Waals surface area contributed by atoms with Gasteiger partial charge in [-0.2, -0.15) is 0 Å². The monoisotopic (exact) mass is 299 g/mol. The molecule has 0 radical (unpaired) electrons. The summed E-state index contributed by atoms with van der Waals surface area (Å²) >= 11 is 9.30. The van der Waals surface area contributed by atoms with Crippen molar-refractivity contribution in [2.24, 2.45) is 0 Å². The van der Waals surface area contributed by atoms with Crippen molar-refractivity contribution < 1.29 is 0 Å². The fraction of sp³-hybridized carbons (Fsp3) is 0.182. The second-order valence-corrected chi connectivity index (χ2v) is 4.72. The highest BCUT2D eigenvalue weighted by Gasteiger charge is 2.02. The van der Waals surface area contributed by atoms with Crippen LogP contribution in [0.15, 0.2) is 29.0 Å². The third-order valence-electron chi connectivity index (χ3n) is 2.31. The first-order valence-corrected chi connectivity index (χ1v) is 6.01. The molecule has 0 aliphatic heterocycles. The number of benzene rings is 1. The van der Waals surface area contributed by atoms with Gasteiger partial charge in [-0.05, 0) is 41.1 Å². The van der Waals surface area contributed by atoms with E-state index in [0.717, 1.165) is 21.5 Å². The summed E-state index contributed by atoms with van der Waals surface area (Å²) in [6.45, 7) is 2.70. The van der Waals surface area contributed by atoms with Gasteiger partial charge < -0.3 is 10.3 Å². The number of nitrogens with one attached hydrogen (secondary N) is 2. The van der Waals surface area contributed by atoms with Crippen molar-refractivity contribution in [3.63, 3.8) is 0 Å². The van der Waals surface area contributed by atoms with E-state index in [1.54, 1.807) is 6.33 Å². The van der Waals surface area contributed by atoms with Gasteiger partial charge in [0.2, 0.25) is 0 Å². The summed E-state index contributed by atoms with van der Waals surface area (Å²) in [5.74, 6) is 0. The Balaban J connectivity index is 2.05. The molecule has 2 aromatic rings. The van der Waals surface area contributed by atoms with Gasteiger partial charge in [-0.3, -0.25) is 0 Å². The highest BCUT2D eigenvalue weighted by atomic mass is 79.9. The van der Waals surface area contributed by atoms with Crippen LogP contribution < -0.4 is 5.32 Å². The number of hydrogen-bond donors (Lipinski definition) is 2. The highest BCUT2D eigenvalue weighted by Crippen LogP contribution is 2.25. The summed E-state index contributed by atoms with van der Waals surface area (Å²) in [4.78, 5) is 7.26. The van der Waals surface area contributed by atoms with E-state index < -0.39 is 0 Å². The molecule has 2 rings (SSSR count). The fourth-order valence-corrected chi connectivity index (χ4v) is 1.85. The average Bonchev–Trinajstić information content (AvgIpc) is 2.66. The van der Waals surface area contributed by atoms with E-state index in [9.17, 15) is 0 Å². The van der Waals surface area contributed by atoms with Crippen molar-refractivity contribution in [3.8, 4) is 0 Å². The molecule has 5 heteroatoms. The molecular formula is C11H11BrClN3. The number of aromatic amines is 1. The Morgan fingerprint density at radius 1 is 1.50 bits per heavy atom. The topological polar surface area (TPSA) is 40.7 Å². The molecule has 0 amide bonds. The summed E-state index contributed by atoms with van der Waals surface area (Å²) < 4.78 is 0.887. The number of hydrogen-bond acceptors (Lipinski definition) is 2. The Hall–Kier alpha value is -1.000. The van der Waals surface area contributed by atoms with Crippen molar-refractivity contribution in [2.45, 2.75) is 13.5 Å². The zero-order valence-electron chi connectivity index (χ0n) is 8.72. The van der Waals surface area contributed by atoms with Crippen molar-refractivity contribution in [3.05, 3.63) is 45.4 Å². The van der Waals surface area contributed by atoms with Gasteiger partial charge in [0.25, 0.3) is 0 Å². The lowest BCUT2D eigenvalue weighted by Gasteiger charge is -2.06. The number of imidazole rings is 1. The molecule has 2 N–H and O–H groups in total. The van der Waals surface area contributed by atoms with Crippen molar-refractivity contribution in [1.29, 1.82) is 0 Å². The van der Waals surface area contributed by atoms with Crippen LogP contribution in [0.4, 0.5) is 5.69 Å². The van der Waals surface area contributed by atoms with Crippen molar-refractivity contribution in [1.82, 2.24) is 9.97 Å². The van der Waals surface area contributed by atoms with Gasteiger partial charge in [0, 0.05) is 15.9 Å². The number of nitrogens with zero attached hydrogens (tertiary/aromatic N) is 1. The van der Waals surface area contributed by atoms with Crippen LogP contribution in [0, 0.1) is 6.92 Å². The summed E-state index contributed by atoms with van der Waals surface area (Å²) in [7, 11) is 0. The Bertz CT molecular complexity index is 496. The predicted octanol–water partition coefficient (Wildman–Crippen LogP) is 3.75. The lowest BCUT2D eigenvalue weighted by molar-refractivity contribution is 1.05. The minimum atomic E-state index is 0.698. The predicted molar refractivity (Wildman–Crippen MR) is 69.8 cm³/mol. The van der Waals surface area contributed by atoms with E-state index in [0.29, 0.717) is 11.6 Å². The molecule has 0 saturated heterocycles. The Morgan fingerprint density at radius 2 is 2.31 bits per heavy atom. The molecule has 0 unspecified atom stereocenters. The van der Waals surface area contributed by atoms with Crippen LogP contribution in [0.2, 0.25) is 5.02 Å². The molecule has 0 saturated carbocycles.